The van der Waals surface area contributed by atoms with Crippen molar-refractivity contribution >= 4 is 11.8 Å². The van der Waals surface area contributed by atoms with Gasteiger partial charge in [0.2, 0.25) is 5.91 Å². The van der Waals surface area contributed by atoms with Gasteiger partial charge in [0.05, 0.1) is 0 Å². The van der Waals surface area contributed by atoms with E-state index in [1.807, 2.05) is 18.2 Å². The van der Waals surface area contributed by atoms with Crippen LogP contribution in [0.25, 0.3) is 0 Å². The van der Waals surface area contributed by atoms with Crippen molar-refractivity contribution in [1.29, 1.82) is 0 Å². The van der Waals surface area contributed by atoms with Crippen molar-refractivity contribution in [3.05, 3.63) is 29.8 Å². The monoisotopic (exact) mass is 318 g/mol. The summed E-state index contributed by atoms with van der Waals surface area (Å²) in [7, 11) is 0. The number of rotatable bonds is 3. The average molecular weight is 318 g/mol. The number of carbonyl (C=O) groups excluding carboxylic acids is 2. The molecule has 23 heavy (non-hydrogen) atoms. The zero-order valence-electron chi connectivity index (χ0n) is 14.5. The third kappa shape index (κ3) is 4.71. The van der Waals surface area contributed by atoms with Crippen molar-refractivity contribution in [3.8, 4) is 5.75 Å². The minimum atomic E-state index is -0.0330. The van der Waals surface area contributed by atoms with Gasteiger partial charge >= 0.3 is 0 Å². The van der Waals surface area contributed by atoms with Crippen molar-refractivity contribution < 1.29 is 14.3 Å². The van der Waals surface area contributed by atoms with Crippen molar-refractivity contribution in [2.24, 2.45) is 0 Å². The highest BCUT2D eigenvalue weighted by Gasteiger charge is 2.22. The Bertz CT molecular complexity index is 570. The number of piperazine rings is 1. The van der Waals surface area contributed by atoms with Crippen LogP contribution in [0.2, 0.25) is 0 Å². The molecule has 126 valence electrons. The topological polar surface area (TPSA) is 49.9 Å². The quantitative estimate of drug-likeness (QED) is 0.857. The molecule has 2 rings (SSSR count). The van der Waals surface area contributed by atoms with Crippen LogP contribution >= 0.6 is 0 Å². The molecular formula is C18H26N2O3. The summed E-state index contributed by atoms with van der Waals surface area (Å²) in [5, 5.41) is 0. The Morgan fingerprint density at radius 2 is 1.70 bits per heavy atom. The van der Waals surface area contributed by atoms with Crippen LogP contribution < -0.4 is 4.74 Å². The predicted octanol–water partition coefficient (Wildman–Crippen LogP) is 2.05. The van der Waals surface area contributed by atoms with E-state index in [-0.39, 0.29) is 23.8 Å². The maximum absolute atomic E-state index is 12.2. The molecule has 0 atom stereocenters. The molecule has 1 saturated heterocycles. The predicted molar refractivity (Wildman–Crippen MR) is 89.5 cm³/mol. The van der Waals surface area contributed by atoms with Crippen molar-refractivity contribution in [2.75, 3.05) is 32.8 Å². The molecule has 1 fully saturated rings. The molecule has 0 unspecified atom stereocenters. The van der Waals surface area contributed by atoms with E-state index < -0.39 is 0 Å². The Hall–Kier alpha value is -2.04. The summed E-state index contributed by atoms with van der Waals surface area (Å²) in [5.41, 5.74) is 1.23. The van der Waals surface area contributed by atoms with Crippen LogP contribution in [0.5, 0.6) is 5.75 Å². The minimum absolute atomic E-state index is 0.0330. The summed E-state index contributed by atoms with van der Waals surface area (Å²) < 4.78 is 5.66. The summed E-state index contributed by atoms with van der Waals surface area (Å²) in [6.07, 6.45) is 0. The van der Waals surface area contributed by atoms with E-state index in [4.69, 9.17) is 4.74 Å². The zero-order valence-corrected chi connectivity index (χ0v) is 14.5. The third-order valence-electron chi connectivity index (χ3n) is 4.14. The van der Waals surface area contributed by atoms with Gasteiger partial charge in [-0.1, -0.05) is 32.9 Å². The summed E-state index contributed by atoms with van der Waals surface area (Å²) >= 11 is 0. The number of amides is 2. The van der Waals surface area contributed by atoms with Crippen molar-refractivity contribution in [1.82, 2.24) is 9.80 Å². The lowest BCUT2D eigenvalue weighted by atomic mass is 9.87. The Balaban J connectivity index is 1.87. The number of hydrogen-bond acceptors (Lipinski definition) is 3. The highest BCUT2D eigenvalue weighted by atomic mass is 16.5. The summed E-state index contributed by atoms with van der Waals surface area (Å²) in [6.45, 7) is 10.4. The second-order valence-electron chi connectivity index (χ2n) is 6.95. The van der Waals surface area contributed by atoms with Gasteiger partial charge in [-0.15, -0.1) is 0 Å². The molecule has 0 aromatic heterocycles. The van der Waals surface area contributed by atoms with E-state index in [9.17, 15) is 9.59 Å². The molecule has 0 N–H and O–H groups in total. The lowest BCUT2D eigenvalue weighted by molar-refractivity contribution is -0.139. The molecular weight excluding hydrogens is 292 g/mol. The average Bonchev–Trinajstić information content (AvgIpc) is 2.52. The van der Waals surface area contributed by atoms with E-state index >= 15 is 0 Å². The third-order valence-corrected chi connectivity index (χ3v) is 4.14. The SMILES string of the molecule is CC(=O)N1CCN(C(=O)COc2cccc(C(C)(C)C)c2)CC1. The summed E-state index contributed by atoms with van der Waals surface area (Å²) in [4.78, 5) is 27.0. The van der Waals surface area contributed by atoms with Gasteiger partial charge in [0.15, 0.2) is 6.61 Å². The molecule has 1 aliphatic rings. The lowest BCUT2D eigenvalue weighted by Crippen LogP contribution is -2.51. The van der Waals surface area contributed by atoms with Gasteiger partial charge in [0, 0.05) is 33.1 Å². The molecule has 5 heteroatoms. The van der Waals surface area contributed by atoms with Gasteiger partial charge in [-0.25, -0.2) is 0 Å². The van der Waals surface area contributed by atoms with Crippen molar-refractivity contribution in [3.63, 3.8) is 0 Å². The number of nitrogens with zero attached hydrogens (tertiary/aromatic N) is 2. The zero-order chi connectivity index (χ0) is 17.0. The second kappa shape index (κ2) is 7.02. The first kappa shape index (κ1) is 17.3. The Kier molecular flexibility index (Phi) is 5.29. The molecule has 0 spiro atoms. The first-order valence-corrected chi connectivity index (χ1v) is 8.04. The molecule has 1 aliphatic heterocycles. The van der Waals surface area contributed by atoms with Crippen LogP contribution in [-0.2, 0) is 15.0 Å². The highest BCUT2D eigenvalue weighted by molar-refractivity contribution is 5.78. The molecule has 5 nitrogen and oxygen atoms in total. The largest absolute Gasteiger partial charge is 0.484 e. The van der Waals surface area contributed by atoms with Crippen LogP contribution in [-0.4, -0.2) is 54.4 Å². The molecule has 0 saturated carbocycles. The summed E-state index contributed by atoms with van der Waals surface area (Å²) in [6, 6.07) is 7.87. The smallest absolute Gasteiger partial charge is 0.260 e. The molecule has 2 amide bonds. The normalized spacial score (nSPS) is 15.5. The van der Waals surface area contributed by atoms with Crippen LogP contribution in [0.4, 0.5) is 0 Å². The number of benzene rings is 1. The highest BCUT2D eigenvalue weighted by Crippen LogP contribution is 2.25. The van der Waals surface area contributed by atoms with Gasteiger partial charge in [0.1, 0.15) is 5.75 Å². The maximum Gasteiger partial charge on any atom is 0.260 e. The van der Waals surface area contributed by atoms with Crippen molar-refractivity contribution in [2.45, 2.75) is 33.1 Å². The van der Waals surface area contributed by atoms with E-state index in [1.165, 1.54) is 5.56 Å². The molecule has 0 aliphatic carbocycles. The molecule has 1 aromatic rings. The van der Waals surface area contributed by atoms with E-state index in [0.717, 1.165) is 0 Å². The van der Waals surface area contributed by atoms with Crippen LogP contribution in [0.1, 0.15) is 33.3 Å². The van der Waals surface area contributed by atoms with Gasteiger partial charge < -0.3 is 14.5 Å². The first-order valence-electron chi connectivity index (χ1n) is 8.04. The van der Waals surface area contributed by atoms with Gasteiger partial charge in [-0.05, 0) is 23.1 Å². The Morgan fingerprint density at radius 3 is 2.26 bits per heavy atom. The summed E-state index contributed by atoms with van der Waals surface area (Å²) in [5.74, 6) is 0.745. The lowest BCUT2D eigenvalue weighted by Gasteiger charge is -2.34. The van der Waals surface area contributed by atoms with Gasteiger partial charge in [-0.2, -0.15) is 0 Å². The number of hydrogen-bond donors (Lipinski definition) is 0. The fraction of sp³-hybridized carbons (Fsp3) is 0.556. The van der Waals surface area contributed by atoms with E-state index in [0.29, 0.717) is 31.9 Å². The second-order valence-corrected chi connectivity index (χ2v) is 6.95. The van der Waals surface area contributed by atoms with Crippen LogP contribution in [0, 0.1) is 0 Å². The number of ether oxygens (including phenoxy) is 1. The fourth-order valence-electron chi connectivity index (χ4n) is 2.56. The van der Waals surface area contributed by atoms with Gasteiger partial charge in [0.25, 0.3) is 5.91 Å². The maximum atomic E-state index is 12.2. The van der Waals surface area contributed by atoms with Crippen LogP contribution in [0.15, 0.2) is 24.3 Å². The molecule has 0 radical (unpaired) electrons. The standard InChI is InChI=1S/C18H26N2O3/c1-14(21)19-8-10-20(11-9-19)17(22)13-23-16-7-5-6-15(12-16)18(2,3)4/h5-7,12H,8-11,13H2,1-4H3. The molecule has 1 aromatic carbocycles. The Morgan fingerprint density at radius 1 is 1.09 bits per heavy atom. The van der Waals surface area contributed by atoms with Crippen LogP contribution in [0.3, 0.4) is 0 Å². The fourth-order valence-corrected chi connectivity index (χ4v) is 2.56. The van der Waals surface area contributed by atoms with E-state index in [1.54, 1.807) is 16.7 Å². The Labute approximate surface area is 138 Å². The van der Waals surface area contributed by atoms with Gasteiger partial charge in [-0.3, -0.25) is 9.59 Å². The minimum Gasteiger partial charge on any atom is -0.484 e. The van der Waals surface area contributed by atoms with E-state index in [2.05, 4.69) is 26.8 Å². The number of carbonyl (C=O) groups is 2. The molecule has 0 bridgehead atoms. The molecule has 1 heterocycles. The first-order chi connectivity index (χ1) is 10.8.